The van der Waals surface area contributed by atoms with Gasteiger partial charge in [0.05, 0.1) is 34.3 Å². The monoisotopic (exact) mass is 414 g/mol. The number of para-hydroxylation sites is 1. The predicted octanol–water partition coefficient (Wildman–Crippen LogP) is 4.54. The summed E-state index contributed by atoms with van der Waals surface area (Å²) in [5, 5.41) is 11.5. The predicted molar refractivity (Wildman–Crippen MR) is 113 cm³/mol. The van der Waals surface area contributed by atoms with E-state index in [1.807, 2.05) is 25.1 Å². The molecule has 1 aliphatic rings. The van der Waals surface area contributed by atoms with Crippen LogP contribution in [0.2, 0.25) is 0 Å². The summed E-state index contributed by atoms with van der Waals surface area (Å²) in [7, 11) is 1.55. The Morgan fingerprint density at radius 2 is 2.00 bits per heavy atom. The van der Waals surface area contributed by atoms with Crippen molar-refractivity contribution in [2.45, 2.75) is 46.1 Å². The van der Waals surface area contributed by atoms with Crippen molar-refractivity contribution in [3.63, 3.8) is 0 Å². The van der Waals surface area contributed by atoms with Crippen LogP contribution in [0.4, 0.5) is 0 Å². The zero-order valence-electron chi connectivity index (χ0n) is 17.2. The number of aryl methyl sites for hydroxylation is 2. The molecule has 2 heterocycles. The number of amides is 1. The number of benzene rings is 1. The summed E-state index contributed by atoms with van der Waals surface area (Å²) < 4.78 is 5.50. The number of rotatable bonds is 8. The first kappa shape index (κ1) is 21.0. The number of thiazole rings is 1. The third kappa shape index (κ3) is 3.92. The van der Waals surface area contributed by atoms with Gasteiger partial charge in [-0.05, 0) is 26.3 Å². The number of ketones is 1. The summed E-state index contributed by atoms with van der Waals surface area (Å²) in [6, 6.07) is 6.61. The molecule has 2 aromatic rings. The number of hydrogen-bond acceptors (Lipinski definition) is 6. The molecule has 0 saturated heterocycles. The van der Waals surface area contributed by atoms with Gasteiger partial charge in [0, 0.05) is 12.1 Å². The topological polar surface area (TPSA) is 79.7 Å². The number of Topliss-reactive ketones (excluding diaryl/α,β-unsaturated/α-hetero) is 1. The molecule has 1 amide bonds. The summed E-state index contributed by atoms with van der Waals surface area (Å²) in [6.45, 7) is 6.14. The number of aromatic nitrogens is 1. The minimum atomic E-state index is -0.690. The van der Waals surface area contributed by atoms with Crippen LogP contribution in [0.5, 0.6) is 5.75 Å². The molecule has 0 bridgehead atoms. The summed E-state index contributed by atoms with van der Waals surface area (Å²) in [6.07, 6.45) is 2.76. The van der Waals surface area contributed by atoms with Gasteiger partial charge in [-0.3, -0.25) is 9.59 Å². The van der Waals surface area contributed by atoms with E-state index in [1.165, 1.54) is 11.3 Å². The molecule has 1 aromatic carbocycles. The maximum Gasteiger partial charge on any atom is 0.290 e. The number of nitrogens with zero attached hydrogens (tertiary/aromatic N) is 2. The van der Waals surface area contributed by atoms with E-state index < -0.39 is 17.7 Å². The fourth-order valence-electron chi connectivity index (χ4n) is 3.73. The van der Waals surface area contributed by atoms with Crippen molar-refractivity contribution in [1.82, 2.24) is 9.88 Å². The van der Waals surface area contributed by atoms with Gasteiger partial charge in [-0.15, -0.1) is 11.3 Å². The van der Waals surface area contributed by atoms with Gasteiger partial charge >= 0.3 is 0 Å². The molecular formula is C22H26N2O4S. The second kappa shape index (κ2) is 8.78. The quantitative estimate of drug-likeness (QED) is 0.507. The summed E-state index contributed by atoms with van der Waals surface area (Å²) in [5.41, 5.74) is 1.39. The van der Waals surface area contributed by atoms with Gasteiger partial charge in [-0.1, -0.05) is 38.0 Å². The molecule has 29 heavy (non-hydrogen) atoms. The van der Waals surface area contributed by atoms with Gasteiger partial charge in [0.15, 0.2) is 5.76 Å². The van der Waals surface area contributed by atoms with Gasteiger partial charge < -0.3 is 14.7 Å². The summed E-state index contributed by atoms with van der Waals surface area (Å²) >= 11 is 1.28. The molecule has 7 heteroatoms. The average molecular weight is 415 g/mol. The van der Waals surface area contributed by atoms with E-state index in [1.54, 1.807) is 25.0 Å². The van der Waals surface area contributed by atoms with Crippen LogP contribution in [0.15, 0.2) is 35.6 Å². The first-order valence-corrected chi connectivity index (χ1v) is 10.6. The van der Waals surface area contributed by atoms with Crippen LogP contribution in [-0.2, 0) is 4.79 Å². The zero-order valence-corrected chi connectivity index (χ0v) is 18.0. The lowest BCUT2D eigenvalue weighted by atomic mass is 9.94. The molecule has 1 aliphatic heterocycles. The van der Waals surface area contributed by atoms with Crippen molar-refractivity contribution in [1.29, 1.82) is 0 Å². The van der Waals surface area contributed by atoms with Crippen LogP contribution in [-0.4, -0.2) is 40.3 Å². The Labute approximate surface area is 174 Å². The largest absolute Gasteiger partial charge is 0.503 e. The second-order valence-electron chi connectivity index (χ2n) is 7.09. The Kier molecular flexibility index (Phi) is 6.37. The Hall–Kier alpha value is -2.67. The molecule has 0 saturated carbocycles. The molecule has 1 aromatic heterocycles. The number of aliphatic hydroxyl groups excluding tert-OH is 1. The summed E-state index contributed by atoms with van der Waals surface area (Å²) in [4.78, 5) is 32.7. The minimum absolute atomic E-state index is 0.0998. The number of carbonyl (C=O) groups excluding carboxylic acids is 2. The smallest absolute Gasteiger partial charge is 0.290 e. The molecule has 3 rings (SSSR count). The van der Waals surface area contributed by atoms with E-state index in [0.29, 0.717) is 28.4 Å². The lowest BCUT2D eigenvalue weighted by Crippen LogP contribution is -2.32. The van der Waals surface area contributed by atoms with Crippen molar-refractivity contribution >= 4 is 23.0 Å². The van der Waals surface area contributed by atoms with E-state index >= 15 is 0 Å². The van der Waals surface area contributed by atoms with Crippen LogP contribution in [0, 0.1) is 13.8 Å². The minimum Gasteiger partial charge on any atom is -0.503 e. The van der Waals surface area contributed by atoms with Crippen LogP contribution >= 0.6 is 11.3 Å². The fourth-order valence-corrected chi connectivity index (χ4v) is 4.60. The normalized spacial score (nSPS) is 16.6. The van der Waals surface area contributed by atoms with E-state index in [4.69, 9.17) is 4.74 Å². The number of carbonyl (C=O) groups is 2. The Bertz CT molecular complexity index is 963. The number of methoxy groups -OCH3 is 1. The molecular weight excluding hydrogens is 388 g/mol. The number of ether oxygens (including phenoxy) is 1. The standard InChI is InChI=1S/C22H26N2O4S/c1-5-6-9-12-24-18(15-10-7-8-11-16(15)28-4)17(20(26)22(24)27)19(25)21-13(2)23-14(3)29-21/h7-8,10-11,18,26H,5-6,9,12H2,1-4H3. The molecule has 1 atom stereocenters. The Morgan fingerprint density at radius 3 is 2.62 bits per heavy atom. The third-order valence-corrected chi connectivity index (χ3v) is 6.17. The van der Waals surface area contributed by atoms with Crippen molar-refractivity contribution in [2.24, 2.45) is 0 Å². The Morgan fingerprint density at radius 1 is 1.28 bits per heavy atom. The van der Waals surface area contributed by atoms with Gasteiger partial charge in [0.1, 0.15) is 5.75 Å². The van der Waals surface area contributed by atoms with Crippen LogP contribution in [0.25, 0.3) is 0 Å². The number of unbranched alkanes of at least 4 members (excludes halogenated alkanes) is 2. The van der Waals surface area contributed by atoms with Gasteiger partial charge in [-0.2, -0.15) is 0 Å². The highest BCUT2D eigenvalue weighted by molar-refractivity contribution is 7.14. The van der Waals surface area contributed by atoms with E-state index in [0.717, 1.165) is 24.3 Å². The number of hydrogen-bond donors (Lipinski definition) is 1. The third-order valence-electron chi connectivity index (χ3n) is 5.09. The lowest BCUT2D eigenvalue weighted by Gasteiger charge is -2.28. The lowest BCUT2D eigenvalue weighted by molar-refractivity contribution is -0.129. The van der Waals surface area contributed by atoms with Gasteiger partial charge in [0.2, 0.25) is 5.78 Å². The maximum absolute atomic E-state index is 13.4. The maximum atomic E-state index is 13.4. The molecule has 0 fully saturated rings. The highest BCUT2D eigenvalue weighted by Crippen LogP contribution is 2.43. The second-order valence-corrected chi connectivity index (χ2v) is 8.29. The summed E-state index contributed by atoms with van der Waals surface area (Å²) in [5.74, 6) is -0.775. The average Bonchev–Trinajstić information content (AvgIpc) is 3.18. The van der Waals surface area contributed by atoms with Crippen molar-refractivity contribution in [3.8, 4) is 5.75 Å². The zero-order chi connectivity index (χ0) is 21.1. The van der Waals surface area contributed by atoms with Crippen LogP contribution in [0.1, 0.15) is 58.2 Å². The van der Waals surface area contributed by atoms with Gasteiger partial charge in [0.25, 0.3) is 5.91 Å². The molecule has 154 valence electrons. The van der Waals surface area contributed by atoms with E-state index in [9.17, 15) is 14.7 Å². The van der Waals surface area contributed by atoms with E-state index in [2.05, 4.69) is 11.9 Å². The van der Waals surface area contributed by atoms with Crippen LogP contribution < -0.4 is 4.74 Å². The highest BCUT2D eigenvalue weighted by atomic mass is 32.1. The van der Waals surface area contributed by atoms with Gasteiger partial charge in [-0.25, -0.2) is 4.98 Å². The molecule has 0 radical (unpaired) electrons. The first-order chi connectivity index (χ1) is 13.9. The molecule has 6 nitrogen and oxygen atoms in total. The van der Waals surface area contributed by atoms with Crippen molar-refractivity contribution in [3.05, 3.63) is 56.7 Å². The van der Waals surface area contributed by atoms with Crippen LogP contribution in [0.3, 0.4) is 0 Å². The highest BCUT2D eigenvalue weighted by Gasteiger charge is 2.45. The molecule has 0 spiro atoms. The molecule has 0 aliphatic carbocycles. The first-order valence-electron chi connectivity index (χ1n) is 9.76. The molecule has 1 N–H and O–H groups in total. The Balaban J connectivity index is 2.11. The van der Waals surface area contributed by atoms with Crippen molar-refractivity contribution < 1.29 is 19.4 Å². The fraction of sp³-hybridized carbons (Fsp3) is 0.409. The SMILES string of the molecule is CCCCCN1C(=O)C(O)=C(C(=O)c2sc(C)nc2C)C1c1ccccc1OC. The van der Waals surface area contributed by atoms with E-state index in [-0.39, 0.29) is 11.4 Å². The number of aliphatic hydroxyl groups is 1. The van der Waals surface area contributed by atoms with Crippen molar-refractivity contribution in [2.75, 3.05) is 13.7 Å². The molecule has 1 unspecified atom stereocenters.